The monoisotopic (exact) mass is 471 g/mol. The van der Waals surface area contributed by atoms with Gasteiger partial charge in [0.25, 0.3) is 5.91 Å². The van der Waals surface area contributed by atoms with Gasteiger partial charge in [-0.3, -0.25) is 9.59 Å². The maximum absolute atomic E-state index is 12.8. The Bertz CT molecular complexity index is 1340. The summed E-state index contributed by atoms with van der Waals surface area (Å²) in [6.45, 7) is 1.62. The second kappa shape index (κ2) is 8.41. The largest absolute Gasteiger partial charge is 0.369 e. The van der Waals surface area contributed by atoms with Crippen LogP contribution in [0, 0.1) is 17.8 Å². The SMILES string of the molecule is Cn1ccc2nc(Nc3cccc(C(=O)N4CCCC4)c3)nc(N[C@H]3[C@@H](C(N)=O)[C@@H]4C=C[C@H]3C4)c21. The predicted octanol–water partition coefficient (Wildman–Crippen LogP) is 3.04. The summed E-state index contributed by atoms with van der Waals surface area (Å²) in [6, 6.07) is 9.28. The van der Waals surface area contributed by atoms with Crippen molar-refractivity contribution >= 4 is 40.3 Å². The van der Waals surface area contributed by atoms with Gasteiger partial charge in [-0.1, -0.05) is 18.2 Å². The number of nitrogens with zero attached hydrogens (tertiary/aromatic N) is 4. The first-order chi connectivity index (χ1) is 17.0. The van der Waals surface area contributed by atoms with Gasteiger partial charge in [-0.15, -0.1) is 0 Å². The summed E-state index contributed by atoms with van der Waals surface area (Å²) in [5.74, 6) is 1.00. The van der Waals surface area contributed by atoms with Crippen LogP contribution in [0.25, 0.3) is 11.0 Å². The number of hydrogen-bond acceptors (Lipinski definition) is 6. The first-order valence-electron chi connectivity index (χ1n) is 12.2. The number of hydrogen-bond donors (Lipinski definition) is 3. The summed E-state index contributed by atoms with van der Waals surface area (Å²) in [5, 5.41) is 6.82. The lowest BCUT2D eigenvalue weighted by Gasteiger charge is -2.27. The third-order valence-corrected chi connectivity index (χ3v) is 7.57. The third-order valence-electron chi connectivity index (χ3n) is 7.57. The lowest BCUT2D eigenvalue weighted by atomic mass is 9.88. The molecular formula is C26H29N7O2. The zero-order valence-corrected chi connectivity index (χ0v) is 19.6. The van der Waals surface area contributed by atoms with Gasteiger partial charge < -0.3 is 25.8 Å². The van der Waals surface area contributed by atoms with Crippen LogP contribution < -0.4 is 16.4 Å². The van der Waals surface area contributed by atoms with Gasteiger partial charge in [0.15, 0.2) is 5.82 Å². The number of anilines is 3. The van der Waals surface area contributed by atoms with Crippen LogP contribution in [0.1, 0.15) is 29.6 Å². The zero-order valence-electron chi connectivity index (χ0n) is 19.6. The first-order valence-corrected chi connectivity index (χ1v) is 12.2. The van der Waals surface area contributed by atoms with E-state index in [4.69, 9.17) is 15.7 Å². The number of allylic oxidation sites excluding steroid dienone is 1. The van der Waals surface area contributed by atoms with E-state index in [1.54, 1.807) is 0 Å². The molecule has 3 aliphatic rings. The zero-order chi connectivity index (χ0) is 24.1. The number of rotatable bonds is 6. The Morgan fingerprint density at radius 3 is 2.69 bits per heavy atom. The van der Waals surface area contributed by atoms with Crippen molar-refractivity contribution in [2.24, 2.45) is 30.5 Å². The molecule has 1 saturated heterocycles. The normalized spacial score (nSPS) is 24.9. The molecule has 1 saturated carbocycles. The van der Waals surface area contributed by atoms with Gasteiger partial charge in [-0.05, 0) is 55.4 Å². The molecule has 9 nitrogen and oxygen atoms in total. The smallest absolute Gasteiger partial charge is 0.253 e. The second-order valence-electron chi connectivity index (χ2n) is 9.81. The number of likely N-dealkylation sites (tertiary alicyclic amines) is 1. The molecule has 6 rings (SSSR count). The Morgan fingerprint density at radius 1 is 1.09 bits per heavy atom. The molecule has 0 spiro atoms. The Morgan fingerprint density at radius 2 is 1.89 bits per heavy atom. The van der Waals surface area contributed by atoms with E-state index in [2.05, 4.69) is 22.8 Å². The Labute approximate surface area is 203 Å². The highest BCUT2D eigenvalue weighted by Gasteiger charge is 2.47. The predicted molar refractivity (Wildman–Crippen MR) is 134 cm³/mol. The van der Waals surface area contributed by atoms with E-state index in [1.165, 1.54) is 0 Å². The standard InChI is InChI=1S/C26H29N7O2/c1-32-12-9-19-22(32)24(30-21-16-8-7-15(13-16)20(21)23(27)34)31-26(29-19)28-18-6-4-5-17(14-18)25(35)33-10-2-3-11-33/h4-9,12,14-16,20-21H,2-3,10-11,13H2,1H3,(H2,27,34)(H2,28,29,30,31)/t15-,16+,20+,21-/m1/s1. The van der Waals surface area contributed by atoms with Crippen molar-refractivity contribution in [1.82, 2.24) is 19.4 Å². The van der Waals surface area contributed by atoms with E-state index < -0.39 is 0 Å². The Kier molecular flexibility index (Phi) is 5.20. The average molecular weight is 472 g/mol. The van der Waals surface area contributed by atoms with E-state index in [1.807, 2.05) is 53.0 Å². The molecule has 180 valence electrons. The van der Waals surface area contributed by atoms with Crippen molar-refractivity contribution in [3.8, 4) is 0 Å². The molecule has 3 aromatic rings. The number of primary amides is 1. The van der Waals surface area contributed by atoms with Crippen molar-refractivity contribution in [3.63, 3.8) is 0 Å². The maximum Gasteiger partial charge on any atom is 0.253 e. The molecule has 1 aromatic carbocycles. The minimum atomic E-state index is -0.283. The molecule has 2 aromatic heterocycles. The molecule has 2 fully saturated rings. The molecule has 0 unspecified atom stereocenters. The quantitative estimate of drug-likeness (QED) is 0.476. The number of aryl methyl sites for hydroxylation is 1. The van der Waals surface area contributed by atoms with Crippen molar-refractivity contribution in [3.05, 3.63) is 54.2 Å². The summed E-state index contributed by atoms with van der Waals surface area (Å²) in [4.78, 5) is 36.5. The summed E-state index contributed by atoms with van der Waals surface area (Å²) in [7, 11) is 1.95. The number of amides is 2. The van der Waals surface area contributed by atoms with E-state index >= 15 is 0 Å². The van der Waals surface area contributed by atoms with Gasteiger partial charge in [0.2, 0.25) is 11.9 Å². The van der Waals surface area contributed by atoms with Crippen molar-refractivity contribution in [1.29, 1.82) is 0 Å². The molecule has 4 N–H and O–H groups in total. The summed E-state index contributed by atoms with van der Waals surface area (Å²) in [5.41, 5.74) is 8.81. The lowest BCUT2D eigenvalue weighted by Crippen LogP contribution is -2.41. The summed E-state index contributed by atoms with van der Waals surface area (Å²) < 4.78 is 1.97. The Hall–Kier alpha value is -3.88. The topological polar surface area (TPSA) is 118 Å². The fourth-order valence-corrected chi connectivity index (χ4v) is 5.88. The highest BCUT2D eigenvalue weighted by molar-refractivity contribution is 5.95. The van der Waals surface area contributed by atoms with Crippen molar-refractivity contribution < 1.29 is 9.59 Å². The second-order valence-corrected chi connectivity index (χ2v) is 9.81. The highest BCUT2D eigenvalue weighted by Crippen LogP contribution is 2.45. The van der Waals surface area contributed by atoms with E-state index in [9.17, 15) is 9.59 Å². The number of carbonyl (C=O) groups excluding carboxylic acids is 2. The maximum atomic E-state index is 12.8. The van der Waals surface area contributed by atoms with E-state index in [-0.39, 0.29) is 35.6 Å². The molecule has 9 heteroatoms. The number of aromatic nitrogens is 3. The van der Waals surface area contributed by atoms with E-state index in [0.29, 0.717) is 17.3 Å². The molecule has 2 bridgehead atoms. The van der Waals surface area contributed by atoms with Gasteiger partial charge in [0, 0.05) is 43.6 Å². The average Bonchev–Trinajstić information content (AvgIpc) is 3.64. The molecule has 1 aliphatic heterocycles. The fraction of sp³-hybridized carbons (Fsp3) is 0.385. The molecule has 4 atom stereocenters. The molecule has 0 radical (unpaired) electrons. The Balaban J connectivity index is 1.31. The molecule has 35 heavy (non-hydrogen) atoms. The van der Waals surface area contributed by atoms with Gasteiger partial charge in [0.05, 0.1) is 11.4 Å². The number of carbonyl (C=O) groups is 2. The minimum absolute atomic E-state index is 0.0507. The summed E-state index contributed by atoms with van der Waals surface area (Å²) >= 11 is 0. The van der Waals surface area contributed by atoms with Crippen LogP contribution in [0.15, 0.2) is 48.7 Å². The van der Waals surface area contributed by atoms with Crippen molar-refractivity contribution in [2.75, 3.05) is 23.7 Å². The van der Waals surface area contributed by atoms with Crippen LogP contribution in [0.2, 0.25) is 0 Å². The van der Waals surface area contributed by atoms with Gasteiger partial charge in [-0.25, -0.2) is 4.98 Å². The van der Waals surface area contributed by atoms with E-state index in [0.717, 1.165) is 49.1 Å². The number of benzene rings is 1. The van der Waals surface area contributed by atoms with Crippen molar-refractivity contribution in [2.45, 2.75) is 25.3 Å². The van der Waals surface area contributed by atoms with Gasteiger partial charge in [0.1, 0.15) is 5.52 Å². The van der Waals surface area contributed by atoms with Crippen LogP contribution in [-0.2, 0) is 11.8 Å². The molecule has 3 heterocycles. The molecular weight excluding hydrogens is 442 g/mol. The fourth-order valence-electron chi connectivity index (χ4n) is 5.88. The van der Waals surface area contributed by atoms with Crippen LogP contribution in [0.3, 0.4) is 0 Å². The van der Waals surface area contributed by atoms with Crippen LogP contribution >= 0.6 is 0 Å². The third kappa shape index (κ3) is 3.80. The van der Waals surface area contributed by atoms with Gasteiger partial charge >= 0.3 is 0 Å². The van der Waals surface area contributed by atoms with Crippen LogP contribution in [-0.4, -0.2) is 50.4 Å². The molecule has 2 aliphatic carbocycles. The first kappa shape index (κ1) is 21.6. The molecule has 2 amide bonds. The number of fused-ring (bicyclic) bond motifs is 3. The highest BCUT2D eigenvalue weighted by atomic mass is 16.2. The van der Waals surface area contributed by atoms with Crippen LogP contribution in [0.5, 0.6) is 0 Å². The number of nitrogens with one attached hydrogen (secondary N) is 2. The summed E-state index contributed by atoms with van der Waals surface area (Å²) in [6.07, 6.45) is 9.26. The lowest BCUT2D eigenvalue weighted by molar-refractivity contribution is -0.122. The van der Waals surface area contributed by atoms with Crippen LogP contribution in [0.4, 0.5) is 17.5 Å². The van der Waals surface area contributed by atoms with Gasteiger partial charge in [-0.2, -0.15) is 4.98 Å². The minimum Gasteiger partial charge on any atom is -0.369 e. The number of nitrogens with two attached hydrogens (primary N) is 1.